The molecule has 0 aliphatic heterocycles. The van der Waals surface area contributed by atoms with E-state index in [1.165, 1.54) is 11.8 Å². The maximum Gasteiger partial charge on any atom is 0.252 e. The molecule has 0 saturated carbocycles. The molecule has 0 saturated heterocycles. The highest BCUT2D eigenvalue weighted by atomic mass is 32.2. The summed E-state index contributed by atoms with van der Waals surface area (Å²) in [7, 11) is 3.24. The number of aromatic amines is 1. The van der Waals surface area contributed by atoms with E-state index in [0.717, 1.165) is 26.3 Å². The summed E-state index contributed by atoms with van der Waals surface area (Å²) in [6.45, 7) is 9.72. The number of aromatic nitrogens is 2. The summed E-state index contributed by atoms with van der Waals surface area (Å²) in [5, 5.41) is 13.6. The van der Waals surface area contributed by atoms with E-state index in [1.54, 1.807) is 32.4 Å². The van der Waals surface area contributed by atoms with Gasteiger partial charge in [0.05, 0.1) is 77.1 Å². The number of rotatable bonds is 23. The summed E-state index contributed by atoms with van der Waals surface area (Å²) in [5.41, 5.74) is 2.77. The largest absolute Gasteiger partial charge is 0.382 e. The second-order valence-electron chi connectivity index (χ2n) is 10.3. The zero-order chi connectivity index (χ0) is 35.8. The first-order valence-electron chi connectivity index (χ1n) is 16.0. The molecule has 0 atom stereocenters. The Hall–Kier alpha value is -4.33. The maximum absolute atomic E-state index is 12.3. The van der Waals surface area contributed by atoms with E-state index in [9.17, 15) is 9.59 Å². The lowest BCUT2D eigenvalue weighted by Crippen LogP contribution is -2.27. The van der Waals surface area contributed by atoms with Crippen molar-refractivity contribution in [1.29, 1.82) is 0 Å². The summed E-state index contributed by atoms with van der Waals surface area (Å²) in [6, 6.07) is 13.3. The minimum atomic E-state index is -0.369. The Morgan fingerprint density at radius 3 is 2.20 bits per heavy atom. The Kier molecular flexibility index (Phi) is 19.2. The first-order valence-corrected chi connectivity index (χ1v) is 16.8. The van der Waals surface area contributed by atoms with E-state index in [4.69, 9.17) is 28.4 Å². The molecule has 14 heteroatoms. The normalized spacial score (nSPS) is 11.7. The number of methoxy groups -OCH3 is 1. The summed E-state index contributed by atoms with van der Waals surface area (Å²) in [4.78, 5) is 30.2. The molecule has 50 heavy (non-hydrogen) atoms. The molecule has 0 bridgehead atoms. The van der Waals surface area contributed by atoms with Crippen LogP contribution in [-0.4, -0.2) is 116 Å². The van der Waals surface area contributed by atoms with Crippen molar-refractivity contribution in [2.24, 2.45) is 4.99 Å². The van der Waals surface area contributed by atoms with Crippen LogP contribution in [0.3, 0.4) is 0 Å². The van der Waals surface area contributed by atoms with Crippen LogP contribution in [0.1, 0.15) is 23.0 Å². The van der Waals surface area contributed by atoms with Crippen LogP contribution in [0.25, 0.3) is 10.9 Å². The van der Waals surface area contributed by atoms with E-state index in [1.807, 2.05) is 43.3 Å². The van der Waals surface area contributed by atoms with Gasteiger partial charge >= 0.3 is 0 Å². The van der Waals surface area contributed by atoms with Crippen molar-refractivity contribution in [1.82, 2.24) is 20.8 Å². The Morgan fingerprint density at radius 2 is 1.56 bits per heavy atom. The third-order valence-corrected chi connectivity index (χ3v) is 7.65. The maximum atomic E-state index is 12.3. The number of benzene rings is 2. The topological polar surface area (TPSA) is 155 Å². The van der Waals surface area contributed by atoms with E-state index in [0.29, 0.717) is 70.7 Å². The fourth-order valence-electron chi connectivity index (χ4n) is 4.06. The average molecular weight is 708 g/mol. The lowest BCUT2D eigenvalue weighted by molar-refractivity contribution is -0.125. The van der Waals surface area contributed by atoms with Gasteiger partial charge in [-0.15, -0.1) is 0 Å². The van der Waals surface area contributed by atoms with E-state index >= 15 is 0 Å². The van der Waals surface area contributed by atoms with Crippen LogP contribution < -0.4 is 10.6 Å². The van der Waals surface area contributed by atoms with Crippen molar-refractivity contribution >= 4 is 41.2 Å². The smallest absolute Gasteiger partial charge is 0.252 e. The van der Waals surface area contributed by atoms with Crippen LogP contribution in [0.5, 0.6) is 0 Å². The van der Waals surface area contributed by atoms with Crippen LogP contribution in [0.4, 0.5) is 0 Å². The van der Waals surface area contributed by atoms with Gasteiger partial charge in [0.15, 0.2) is 0 Å². The summed E-state index contributed by atoms with van der Waals surface area (Å²) in [6.07, 6.45) is 3.35. The van der Waals surface area contributed by atoms with Gasteiger partial charge in [-0.05, 0) is 67.6 Å². The van der Waals surface area contributed by atoms with Gasteiger partial charge in [0.2, 0.25) is 0 Å². The lowest BCUT2D eigenvalue weighted by Gasteiger charge is -2.08. The van der Waals surface area contributed by atoms with Crippen LogP contribution in [0.2, 0.25) is 0 Å². The predicted molar refractivity (Wildman–Crippen MR) is 192 cm³/mol. The molecular weight excluding hydrogens is 662 g/mol. The van der Waals surface area contributed by atoms with Crippen LogP contribution in [0.15, 0.2) is 80.8 Å². The monoisotopic (exact) mass is 707 g/mol. The van der Waals surface area contributed by atoms with Gasteiger partial charge in [0, 0.05) is 29.3 Å². The van der Waals surface area contributed by atoms with Gasteiger partial charge < -0.3 is 39.1 Å². The van der Waals surface area contributed by atoms with Crippen LogP contribution in [0, 0.1) is 11.8 Å². The minimum absolute atomic E-state index is 0.136. The quantitative estimate of drug-likeness (QED) is 0.0575. The fourth-order valence-corrected chi connectivity index (χ4v) is 5.04. The zero-order valence-electron chi connectivity index (χ0n) is 28.8. The highest BCUT2D eigenvalue weighted by Crippen LogP contribution is 2.32. The summed E-state index contributed by atoms with van der Waals surface area (Å²) >= 11 is 1.49. The number of ether oxygens (including phenoxy) is 6. The molecule has 0 fully saturated rings. The molecule has 3 aromatic rings. The van der Waals surface area contributed by atoms with Crippen LogP contribution >= 0.6 is 11.8 Å². The fraction of sp³-hybridized carbons (Fsp3) is 0.389. The van der Waals surface area contributed by atoms with Crippen molar-refractivity contribution in [2.75, 3.05) is 86.8 Å². The standard InChI is InChI=1S/C36H45N5O8S/c1-27(9-13-31-29-12-11-28(25-32(29)41-40-31)50-33-8-6-5-7-30(33)36(43)38-3)10-14-34(37-2)39-35(42)26-49-24-23-48-22-21-47-20-19-46-18-17-45-16-15-44-4/h5-8,10-12,14,25H,2,15-24,26H2,1,3-4H3,(H,38,43)(H,39,42)(H,40,41)/b27-10+,34-14+. The molecule has 0 aliphatic carbocycles. The lowest BCUT2D eigenvalue weighted by atomic mass is 10.2. The number of hydrogen-bond donors (Lipinski definition) is 3. The molecule has 0 radical (unpaired) electrons. The highest BCUT2D eigenvalue weighted by Gasteiger charge is 2.12. The van der Waals surface area contributed by atoms with Crippen molar-refractivity contribution in [3.05, 3.63) is 77.3 Å². The third-order valence-electron chi connectivity index (χ3n) is 6.58. The second-order valence-corrected chi connectivity index (χ2v) is 11.4. The number of aliphatic imine (C=N–C) groups is 1. The molecule has 2 amide bonds. The minimum Gasteiger partial charge on any atom is -0.382 e. The van der Waals surface area contributed by atoms with E-state index in [2.05, 4.69) is 44.4 Å². The van der Waals surface area contributed by atoms with Crippen molar-refractivity contribution < 1.29 is 38.0 Å². The Bertz CT molecular complexity index is 1650. The molecule has 13 nitrogen and oxygen atoms in total. The molecule has 2 aromatic carbocycles. The number of nitrogens with zero attached hydrogens (tertiary/aromatic N) is 2. The van der Waals surface area contributed by atoms with Gasteiger partial charge in [-0.25, -0.2) is 4.99 Å². The van der Waals surface area contributed by atoms with Crippen molar-refractivity contribution in [3.8, 4) is 11.8 Å². The molecule has 1 aromatic heterocycles. The van der Waals surface area contributed by atoms with Gasteiger partial charge in [-0.1, -0.05) is 29.8 Å². The Labute approximate surface area is 297 Å². The number of amides is 2. The molecule has 3 rings (SSSR count). The number of allylic oxidation sites excluding steroid dienone is 3. The van der Waals surface area contributed by atoms with Gasteiger partial charge in [-0.2, -0.15) is 5.10 Å². The number of hydrogen-bond acceptors (Lipinski definition) is 11. The Morgan fingerprint density at radius 1 is 0.920 bits per heavy atom. The highest BCUT2D eigenvalue weighted by molar-refractivity contribution is 7.99. The van der Waals surface area contributed by atoms with Gasteiger partial charge in [-0.3, -0.25) is 14.7 Å². The van der Waals surface area contributed by atoms with E-state index in [-0.39, 0.29) is 30.8 Å². The predicted octanol–water partition coefficient (Wildman–Crippen LogP) is 3.76. The molecular formula is C36H45N5O8S. The van der Waals surface area contributed by atoms with Crippen molar-refractivity contribution in [2.45, 2.75) is 16.7 Å². The number of fused-ring (bicyclic) bond motifs is 1. The summed E-state index contributed by atoms with van der Waals surface area (Å²) in [5.74, 6) is 5.96. The first kappa shape index (κ1) is 40.1. The third kappa shape index (κ3) is 15.1. The van der Waals surface area contributed by atoms with Crippen molar-refractivity contribution in [3.63, 3.8) is 0 Å². The second kappa shape index (κ2) is 23.9. The zero-order valence-corrected chi connectivity index (χ0v) is 29.6. The van der Waals surface area contributed by atoms with Crippen LogP contribution in [-0.2, 0) is 33.2 Å². The molecule has 268 valence electrons. The summed E-state index contributed by atoms with van der Waals surface area (Å²) < 4.78 is 31.8. The molecule has 3 N–H and O–H groups in total. The number of carbonyl (C=O) groups excluding carboxylic acids is 2. The molecule has 0 unspecified atom stereocenters. The SMILES string of the molecule is C=N/C(=C\C=C(/C)C#Cc1[nH]nc2cc(Sc3ccccc3C(=O)NC)ccc12)NC(=O)COCCOCCOCCOCCOCCOC. The Balaban J connectivity index is 1.35. The van der Waals surface area contributed by atoms with Gasteiger partial charge in [0.25, 0.3) is 11.8 Å². The van der Waals surface area contributed by atoms with E-state index < -0.39 is 0 Å². The molecule has 0 spiro atoms. The average Bonchev–Trinajstić information content (AvgIpc) is 3.54. The number of nitrogens with one attached hydrogen (secondary N) is 3. The number of carbonyl (C=O) groups is 2. The molecule has 0 aliphatic rings. The van der Waals surface area contributed by atoms with Gasteiger partial charge in [0.1, 0.15) is 18.1 Å². The molecule has 1 heterocycles. The number of H-pyrrole nitrogens is 1. The first-order chi connectivity index (χ1) is 24.4.